The lowest BCUT2D eigenvalue weighted by Crippen LogP contribution is -1.90. The molecule has 0 amide bonds. The van der Waals surface area contributed by atoms with Crippen LogP contribution in [0.4, 0.5) is 5.69 Å². The molecule has 0 unspecified atom stereocenters. The Labute approximate surface area is 132 Å². The molecule has 2 aromatic carbocycles. The van der Waals surface area contributed by atoms with Crippen LogP contribution in [0.25, 0.3) is 34.2 Å². The molecular weight excluding hydrogens is 288 g/mol. The van der Waals surface area contributed by atoms with Crippen molar-refractivity contribution in [1.29, 1.82) is 0 Å². The standard InChI is InChI=1S/C17H14N6/c18-13-9-5-4-8-12(13)16-19-17(23-22-16)15-10-14(20-21-15)11-6-2-1-3-7-11/h1-10H,18H2,(H,20,21)(H,19,22,23). The molecule has 0 radical (unpaired) electrons. The number of anilines is 1. The van der Waals surface area contributed by atoms with E-state index < -0.39 is 0 Å². The highest BCUT2D eigenvalue weighted by Gasteiger charge is 2.12. The topological polar surface area (TPSA) is 96.3 Å². The van der Waals surface area contributed by atoms with E-state index >= 15 is 0 Å². The van der Waals surface area contributed by atoms with E-state index in [1.807, 2.05) is 60.7 Å². The largest absolute Gasteiger partial charge is 0.398 e. The first-order valence-corrected chi connectivity index (χ1v) is 7.20. The van der Waals surface area contributed by atoms with Crippen molar-refractivity contribution in [3.8, 4) is 34.2 Å². The molecule has 6 nitrogen and oxygen atoms in total. The Hall–Kier alpha value is -3.41. The number of aromatic amines is 2. The number of rotatable bonds is 3. The van der Waals surface area contributed by atoms with Gasteiger partial charge in [0.2, 0.25) is 0 Å². The van der Waals surface area contributed by atoms with E-state index in [1.54, 1.807) is 0 Å². The zero-order valence-electron chi connectivity index (χ0n) is 12.2. The minimum Gasteiger partial charge on any atom is -0.398 e. The fourth-order valence-electron chi connectivity index (χ4n) is 2.40. The van der Waals surface area contributed by atoms with Crippen molar-refractivity contribution in [3.63, 3.8) is 0 Å². The molecule has 0 aliphatic carbocycles. The summed E-state index contributed by atoms with van der Waals surface area (Å²) in [7, 11) is 0. The summed E-state index contributed by atoms with van der Waals surface area (Å²) >= 11 is 0. The van der Waals surface area contributed by atoms with Crippen LogP contribution in [0, 0.1) is 0 Å². The highest BCUT2D eigenvalue weighted by Crippen LogP contribution is 2.25. The average molecular weight is 302 g/mol. The molecule has 4 rings (SSSR count). The summed E-state index contributed by atoms with van der Waals surface area (Å²) in [4.78, 5) is 4.50. The Kier molecular flexibility index (Phi) is 3.12. The predicted molar refractivity (Wildman–Crippen MR) is 89.2 cm³/mol. The Balaban J connectivity index is 1.68. The van der Waals surface area contributed by atoms with Crippen molar-refractivity contribution in [1.82, 2.24) is 25.4 Å². The molecule has 0 aliphatic rings. The molecule has 0 atom stereocenters. The summed E-state index contributed by atoms with van der Waals surface area (Å²) in [6, 6.07) is 19.4. The first-order chi connectivity index (χ1) is 11.3. The van der Waals surface area contributed by atoms with Gasteiger partial charge in [-0.25, -0.2) is 4.98 Å². The number of nitrogens with one attached hydrogen (secondary N) is 2. The number of para-hydroxylation sites is 1. The van der Waals surface area contributed by atoms with Crippen LogP contribution in [-0.4, -0.2) is 25.4 Å². The molecule has 112 valence electrons. The van der Waals surface area contributed by atoms with Gasteiger partial charge in [0.1, 0.15) is 5.69 Å². The third-order valence-corrected chi connectivity index (χ3v) is 3.59. The average Bonchev–Trinajstić information content (AvgIpc) is 3.25. The maximum atomic E-state index is 5.97. The van der Waals surface area contributed by atoms with Gasteiger partial charge in [0.05, 0.1) is 5.69 Å². The SMILES string of the molecule is Nc1ccccc1-c1n[nH]c(-c2cc(-c3ccccc3)n[nH]2)n1. The molecular formula is C17H14N6. The number of nitrogens with zero attached hydrogens (tertiary/aromatic N) is 3. The molecule has 0 saturated carbocycles. The summed E-state index contributed by atoms with van der Waals surface area (Å²) in [6.45, 7) is 0. The monoisotopic (exact) mass is 302 g/mol. The molecule has 2 aromatic heterocycles. The van der Waals surface area contributed by atoms with E-state index in [0.717, 1.165) is 22.5 Å². The fourth-order valence-corrected chi connectivity index (χ4v) is 2.40. The quantitative estimate of drug-likeness (QED) is 0.507. The number of hydrogen-bond donors (Lipinski definition) is 3. The number of benzene rings is 2. The summed E-state index contributed by atoms with van der Waals surface area (Å²) in [5.74, 6) is 1.19. The highest BCUT2D eigenvalue weighted by atomic mass is 15.2. The van der Waals surface area contributed by atoms with Crippen molar-refractivity contribution in [2.24, 2.45) is 0 Å². The van der Waals surface area contributed by atoms with Crippen LogP contribution in [0.5, 0.6) is 0 Å². The van der Waals surface area contributed by atoms with E-state index in [2.05, 4.69) is 25.4 Å². The first-order valence-electron chi connectivity index (χ1n) is 7.20. The maximum absolute atomic E-state index is 5.97. The Morgan fingerprint density at radius 2 is 1.61 bits per heavy atom. The lowest BCUT2D eigenvalue weighted by Gasteiger charge is -1.98. The zero-order valence-corrected chi connectivity index (χ0v) is 12.2. The molecule has 23 heavy (non-hydrogen) atoms. The first kappa shape index (κ1) is 13.3. The van der Waals surface area contributed by atoms with Gasteiger partial charge in [0, 0.05) is 16.8 Å². The molecule has 4 N–H and O–H groups in total. The summed E-state index contributed by atoms with van der Waals surface area (Å²) in [5.41, 5.74) is 10.1. The predicted octanol–water partition coefficient (Wildman–Crippen LogP) is 3.11. The minimum absolute atomic E-state index is 0.564. The molecule has 0 bridgehead atoms. The van der Waals surface area contributed by atoms with Gasteiger partial charge in [0.25, 0.3) is 0 Å². The van der Waals surface area contributed by atoms with Gasteiger partial charge in [-0.2, -0.15) is 10.2 Å². The minimum atomic E-state index is 0.564. The highest BCUT2D eigenvalue weighted by molar-refractivity contribution is 5.72. The van der Waals surface area contributed by atoms with Crippen molar-refractivity contribution < 1.29 is 0 Å². The Bertz CT molecular complexity index is 938. The third-order valence-electron chi connectivity index (χ3n) is 3.59. The van der Waals surface area contributed by atoms with Crippen LogP contribution in [-0.2, 0) is 0 Å². The molecule has 0 spiro atoms. The van der Waals surface area contributed by atoms with Crippen LogP contribution in [0.1, 0.15) is 0 Å². The second-order valence-electron chi connectivity index (χ2n) is 5.13. The van der Waals surface area contributed by atoms with E-state index in [-0.39, 0.29) is 0 Å². The van der Waals surface area contributed by atoms with Gasteiger partial charge in [-0.1, -0.05) is 42.5 Å². The van der Waals surface area contributed by atoms with E-state index in [1.165, 1.54) is 0 Å². The van der Waals surface area contributed by atoms with Crippen LogP contribution in [0.15, 0.2) is 60.7 Å². The fraction of sp³-hybridized carbons (Fsp3) is 0. The van der Waals surface area contributed by atoms with Crippen molar-refractivity contribution >= 4 is 5.69 Å². The number of H-pyrrole nitrogens is 2. The van der Waals surface area contributed by atoms with Crippen LogP contribution in [0.3, 0.4) is 0 Å². The molecule has 6 heteroatoms. The number of aromatic nitrogens is 5. The zero-order chi connectivity index (χ0) is 15.6. The molecule has 0 aliphatic heterocycles. The lowest BCUT2D eigenvalue weighted by atomic mass is 10.1. The van der Waals surface area contributed by atoms with Gasteiger partial charge in [-0.05, 0) is 18.2 Å². The van der Waals surface area contributed by atoms with Gasteiger partial charge in [-0.15, -0.1) is 0 Å². The van der Waals surface area contributed by atoms with Crippen LogP contribution < -0.4 is 5.73 Å². The molecule has 4 aromatic rings. The van der Waals surface area contributed by atoms with Gasteiger partial charge in [-0.3, -0.25) is 10.2 Å². The Morgan fingerprint density at radius 3 is 2.43 bits per heavy atom. The normalized spacial score (nSPS) is 10.8. The summed E-state index contributed by atoms with van der Waals surface area (Å²) in [5, 5.41) is 14.5. The van der Waals surface area contributed by atoms with Gasteiger partial charge < -0.3 is 5.73 Å². The van der Waals surface area contributed by atoms with Crippen molar-refractivity contribution in [3.05, 3.63) is 60.7 Å². The van der Waals surface area contributed by atoms with Crippen molar-refractivity contribution in [2.45, 2.75) is 0 Å². The van der Waals surface area contributed by atoms with Gasteiger partial charge in [0.15, 0.2) is 11.6 Å². The van der Waals surface area contributed by atoms with Crippen LogP contribution >= 0.6 is 0 Å². The van der Waals surface area contributed by atoms with Gasteiger partial charge >= 0.3 is 0 Å². The molecule has 2 heterocycles. The third kappa shape index (κ3) is 2.46. The molecule has 0 saturated heterocycles. The number of hydrogen-bond acceptors (Lipinski definition) is 4. The van der Waals surface area contributed by atoms with Crippen molar-refractivity contribution in [2.75, 3.05) is 5.73 Å². The second kappa shape index (κ2) is 5.42. The second-order valence-corrected chi connectivity index (χ2v) is 5.13. The molecule has 0 fully saturated rings. The number of nitrogen functional groups attached to an aromatic ring is 1. The smallest absolute Gasteiger partial charge is 0.183 e. The lowest BCUT2D eigenvalue weighted by molar-refractivity contribution is 1.06. The van der Waals surface area contributed by atoms with E-state index in [9.17, 15) is 0 Å². The maximum Gasteiger partial charge on any atom is 0.183 e. The Morgan fingerprint density at radius 1 is 0.826 bits per heavy atom. The van der Waals surface area contributed by atoms with E-state index in [4.69, 9.17) is 5.73 Å². The van der Waals surface area contributed by atoms with Crippen LogP contribution in [0.2, 0.25) is 0 Å². The summed E-state index contributed by atoms with van der Waals surface area (Å²) < 4.78 is 0. The number of nitrogens with two attached hydrogens (primary N) is 1. The van der Waals surface area contributed by atoms with E-state index in [0.29, 0.717) is 17.3 Å². The summed E-state index contributed by atoms with van der Waals surface area (Å²) in [6.07, 6.45) is 0.